The normalized spacial score (nSPS) is 13.0. The molecule has 0 saturated heterocycles. The molecule has 7 nitrogen and oxygen atoms in total. The molecule has 0 aromatic heterocycles. The van der Waals surface area contributed by atoms with Crippen molar-refractivity contribution in [2.45, 2.75) is 11.8 Å². The molecule has 0 bridgehead atoms. The molecule has 0 aliphatic rings. The van der Waals surface area contributed by atoms with Crippen LogP contribution >= 0.6 is 0 Å². The van der Waals surface area contributed by atoms with Gasteiger partial charge in [-0.3, -0.25) is 9.59 Å². The highest BCUT2D eigenvalue weighted by Gasteiger charge is 2.22. The van der Waals surface area contributed by atoms with E-state index < -0.39 is 27.8 Å². The van der Waals surface area contributed by atoms with Crippen LogP contribution in [0.3, 0.4) is 0 Å². The molecule has 1 unspecified atom stereocenters. The van der Waals surface area contributed by atoms with E-state index in [9.17, 15) is 18.0 Å². The zero-order chi connectivity index (χ0) is 15.5. The SMILES string of the molecule is CC(C(=O)O)C(=O)Nc1cccc(S(=O)(=O)N(C)C)c1. The summed E-state index contributed by atoms with van der Waals surface area (Å²) < 4.78 is 24.9. The van der Waals surface area contributed by atoms with Gasteiger partial charge in [0.1, 0.15) is 5.92 Å². The first-order chi connectivity index (χ1) is 9.16. The molecular weight excluding hydrogens is 284 g/mol. The molecule has 1 aromatic carbocycles. The summed E-state index contributed by atoms with van der Waals surface area (Å²) in [6.45, 7) is 1.25. The number of carbonyl (C=O) groups is 2. The predicted molar refractivity (Wildman–Crippen MR) is 72.7 cm³/mol. The first-order valence-corrected chi connectivity index (χ1v) is 7.16. The van der Waals surface area contributed by atoms with E-state index in [4.69, 9.17) is 5.11 Å². The summed E-state index contributed by atoms with van der Waals surface area (Å²) in [4.78, 5) is 22.3. The largest absolute Gasteiger partial charge is 0.481 e. The Bertz CT molecular complexity index is 624. The number of benzene rings is 1. The summed E-state index contributed by atoms with van der Waals surface area (Å²) in [7, 11) is -0.814. The molecule has 0 saturated carbocycles. The molecule has 0 radical (unpaired) electrons. The molecule has 0 spiro atoms. The maximum atomic E-state index is 11.9. The van der Waals surface area contributed by atoms with E-state index >= 15 is 0 Å². The van der Waals surface area contributed by atoms with Gasteiger partial charge in [-0.15, -0.1) is 0 Å². The van der Waals surface area contributed by atoms with Gasteiger partial charge in [-0.2, -0.15) is 0 Å². The van der Waals surface area contributed by atoms with E-state index in [2.05, 4.69) is 5.32 Å². The molecule has 2 N–H and O–H groups in total. The molecule has 1 aromatic rings. The Morgan fingerprint density at radius 2 is 1.90 bits per heavy atom. The van der Waals surface area contributed by atoms with E-state index in [1.54, 1.807) is 0 Å². The minimum absolute atomic E-state index is 0.0169. The second kappa shape index (κ2) is 6.02. The highest BCUT2D eigenvalue weighted by atomic mass is 32.2. The van der Waals surface area contributed by atoms with Crippen LogP contribution in [0.15, 0.2) is 29.2 Å². The van der Waals surface area contributed by atoms with Gasteiger partial charge in [0.15, 0.2) is 0 Å². The molecule has 8 heteroatoms. The number of amides is 1. The molecule has 0 heterocycles. The predicted octanol–water partition coefficient (Wildman–Crippen LogP) is 0.596. The molecule has 1 rings (SSSR count). The molecule has 1 atom stereocenters. The summed E-state index contributed by atoms with van der Waals surface area (Å²) in [5.41, 5.74) is 0.228. The van der Waals surface area contributed by atoms with Crippen LogP contribution in [0.5, 0.6) is 0 Å². The third-order valence-corrected chi connectivity index (χ3v) is 4.45. The fraction of sp³-hybridized carbons (Fsp3) is 0.333. The third kappa shape index (κ3) is 3.55. The summed E-state index contributed by atoms with van der Waals surface area (Å²) in [5.74, 6) is -3.18. The second-order valence-electron chi connectivity index (χ2n) is 4.36. The van der Waals surface area contributed by atoms with Crippen molar-refractivity contribution in [3.8, 4) is 0 Å². The average molecular weight is 300 g/mol. The molecule has 110 valence electrons. The summed E-state index contributed by atoms with van der Waals surface area (Å²) in [6.07, 6.45) is 0. The van der Waals surface area contributed by atoms with E-state index in [0.29, 0.717) is 0 Å². The standard InChI is InChI=1S/C12H16N2O5S/c1-8(12(16)17)11(15)13-9-5-4-6-10(7-9)20(18,19)14(2)3/h4-8H,1-3H3,(H,13,15)(H,16,17). The Kier molecular flexibility index (Phi) is 4.85. The van der Waals surface area contributed by atoms with E-state index in [1.165, 1.54) is 45.3 Å². The molecule has 1 amide bonds. The quantitative estimate of drug-likeness (QED) is 0.775. The number of anilines is 1. The summed E-state index contributed by atoms with van der Waals surface area (Å²) in [5, 5.41) is 11.1. The van der Waals surface area contributed by atoms with Gasteiger partial charge in [0.25, 0.3) is 0 Å². The van der Waals surface area contributed by atoms with Crippen molar-refractivity contribution in [1.82, 2.24) is 4.31 Å². The number of hydrogen-bond acceptors (Lipinski definition) is 4. The number of sulfonamides is 1. The lowest BCUT2D eigenvalue weighted by Crippen LogP contribution is -2.27. The van der Waals surface area contributed by atoms with E-state index in [1.807, 2.05) is 0 Å². The molecule has 20 heavy (non-hydrogen) atoms. The fourth-order valence-electron chi connectivity index (χ4n) is 1.31. The van der Waals surface area contributed by atoms with Gasteiger partial charge in [-0.1, -0.05) is 6.07 Å². The lowest BCUT2D eigenvalue weighted by Gasteiger charge is -2.13. The van der Waals surface area contributed by atoms with Crippen molar-refractivity contribution < 1.29 is 23.1 Å². The highest BCUT2D eigenvalue weighted by Crippen LogP contribution is 2.18. The van der Waals surface area contributed by atoms with Crippen molar-refractivity contribution in [2.24, 2.45) is 5.92 Å². The van der Waals surface area contributed by atoms with Gasteiger partial charge in [0.05, 0.1) is 4.90 Å². The smallest absolute Gasteiger partial charge is 0.315 e. The third-order valence-electron chi connectivity index (χ3n) is 2.64. The van der Waals surface area contributed by atoms with Crippen molar-refractivity contribution in [3.63, 3.8) is 0 Å². The van der Waals surface area contributed by atoms with Gasteiger partial charge in [0.2, 0.25) is 15.9 Å². The van der Waals surface area contributed by atoms with Crippen molar-refractivity contribution in [3.05, 3.63) is 24.3 Å². The number of aliphatic carboxylic acids is 1. The lowest BCUT2D eigenvalue weighted by atomic mass is 10.1. The maximum absolute atomic E-state index is 11.9. The molecule has 0 fully saturated rings. The van der Waals surface area contributed by atoms with Crippen LogP contribution in [0.4, 0.5) is 5.69 Å². The Morgan fingerprint density at radius 3 is 2.40 bits per heavy atom. The number of nitrogens with one attached hydrogen (secondary N) is 1. The monoisotopic (exact) mass is 300 g/mol. The number of carbonyl (C=O) groups excluding carboxylic acids is 1. The average Bonchev–Trinajstić information content (AvgIpc) is 2.37. The van der Waals surface area contributed by atoms with Gasteiger partial charge in [0, 0.05) is 19.8 Å². The minimum Gasteiger partial charge on any atom is -0.481 e. The number of carboxylic acid groups (broad SMARTS) is 1. The van der Waals surface area contributed by atoms with Crippen LogP contribution in [0.2, 0.25) is 0 Å². The van der Waals surface area contributed by atoms with Gasteiger partial charge < -0.3 is 10.4 Å². The molecular formula is C12H16N2O5S. The Balaban J connectivity index is 3.01. The molecule has 0 aliphatic heterocycles. The van der Waals surface area contributed by atoms with Gasteiger partial charge >= 0.3 is 5.97 Å². The van der Waals surface area contributed by atoms with Crippen molar-refractivity contribution in [1.29, 1.82) is 0 Å². The minimum atomic E-state index is -3.61. The summed E-state index contributed by atoms with van der Waals surface area (Å²) >= 11 is 0. The van der Waals surface area contributed by atoms with Crippen LogP contribution < -0.4 is 5.32 Å². The highest BCUT2D eigenvalue weighted by molar-refractivity contribution is 7.89. The lowest BCUT2D eigenvalue weighted by molar-refractivity contribution is -0.144. The first kappa shape index (κ1) is 16.1. The van der Waals surface area contributed by atoms with Crippen molar-refractivity contribution >= 4 is 27.6 Å². The zero-order valence-corrected chi connectivity index (χ0v) is 12.1. The fourth-order valence-corrected chi connectivity index (χ4v) is 2.26. The van der Waals surface area contributed by atoms with Crippen LogP contribution in [0.1, 0.15) is 6.92 Å². The maximum Gasteiger partial charge on any atom is 0.315 e. The second-order valence-corrected chi connectivity index (χ2v) is 6.52. The first-order valence-electron chi connectivity index (χ1n) is 5.72. The van der Waals surface area contributed by atoms with Crippen LogP contribution in [-0.2, 0) is 19.6 Å². The van der Waals surface area contributed by atoms with E-state index in [-0.39, 0.29) is 10.6 Å². The number of hydrogen-bond donors (Lipinski definition) is 2. The topological polar surface area (TPSA) is 104 Å². The number of nitrogens with zero attached hydrogens (tertiary/aromatic N) is 1. The molecule has 0 aliphatic carbocycles. The van der Waals surface area contributed by atoms with E-state index in [0.717, 1.165) is 4.31 Å². The van der Waals surface area contributed by atoms with Crippen LogP contribution in [0, 0.1) is 5.92 Å². The number of rotatable bonds is 5. The van der Waals surface area contributed by atoms with Crippen LogP contribution in [0.25, 0.3) is 0 Å². The van der Waals surface area contributed by atoms with Gasteiger partial charge in [-0.25, -0.2) is 12.7 Å². The zero-order valence-electron chi connectivity index (χ0n) is 11.3. The Morgan fingerprint density at radius 1 is 1.30 bits per heavy atom. The summed E-state index contributed by atoms with van der Waals surface area (Å²) in [6, 6.07) is 5.63. The number of carboxylic acids is 1. The van der Waals surface area contributed by atoms with Gasteiger partial charge in [-0.05, 0) is 25.1 Å². The van der Waals surface area contributed by atoms with Crippen LogP contribution in [-0.4, -0.2) is 43.8 Å². The Labute approximate surface area is 117 Å². The van der Waals surface area contributed by atoms with Crippen molar-refractivity contribution in [2.75, 3.05) is 19.4 Å². The Hall–Kier alpha value is -1.93.